The first-order valence-corrected chi connectivity index (χ1v) is 11.0. The third-order valence-corrected chi connectivity index (χ3v) is 5.94. The second kappa shape index (κ2) is 9.53. The molecule has 2 amide bonds. The summed E-state index contributed by atoms with van der Waals surface area (Å²) in [5, 5.41) is 5.96. The summed E-state index contributed by atoms with van der Waals surface area (Å²) in [7, 11) is 0. The standard InChI is InChI=1S/C23H24BrN3O3/c24-19-8-6-18(7-9-19)21-16-26(14-15-30-21)22(28)10-11-23(29)27-13-12-20(25-27)17-4-2-1-3-5-17/h1-9,21H,10-16H2. The Morgan fingerprint density at radius 1 is 1.00 bits per heavy atom. The lowest BCUT2D eigenvalue weighted by atomic mass is 10.1. The van der Waals surface area contributed by atoms with Gasteiger partial charge in [0.2, 0.25) is 11.8 Å². The van der Waals surface area contributed by atoms with Crippen LogP contribution in [0.3, 0.4) is 0 Å². The summed E-state index contributed by atoms with van der Waals surface area (Å²) in [6.07, 6.45) is 0.967. The molecule has 7 heteroatoms. The molecule has 0 spiro atoms. The molecule has 1 atom stereocenters. The number of hydrogen-bond acceptors (Lipinski definition) is 4. The molecule has 1 unspecified atom stereocenters. The molecule has 0 N–H and O–H groups in total. The largest absolute Gasteiger partial charge is 0.370 e. The Morgan fingerprint density at radius 2 is 1.73 bits per heavy atom. The van der Waals surface area contributed by atoms with E-state index >= 15 is 0 Å². The van der Waals surface area contributed by atoms with E-state index in [1.54, 1.807) is 4.90 Å². The molecule has 0 saturated carbocycles. The summed E-state index contributed by atoms with van der Waals surface area (Å²) in [5.41, 5.74) is 3.00. The van der Waals surface area contributed by atoms with Crippen LogP contribution in [0.2, 0.25) is 0 Å². The van der Waals surface area contributed by atoms with Gasteiger partial charge < -0.3 is 9.64 Å². The minimum absolute atomic E-state index is 0.0137. The molecule has 30 heavy (non-hydrogen) atoms. The number of benzene rings is 2. The van der Waals surface area contributed by atoms with E-state index in [2.05, 4.69) is 21.0 Å². The van der Waals surface area contributed by atoms with E-state index in [0.29, 0.717) is 26.2 Å². The minimum Gasteiger partial charge on any atom is -0.370 e. The van der Waals surface area contributed by atoms with Gasteiger partial charge >= 0.3 is 0 Å². The van der Waals surface area contributed by atoms with Crippen molar-refractivity contribution in [3.63, 3.8) is 0 Å². The molecule has 156 valence electrons. The quantitative estimate of drug-likeness (QED) is 0.669. The Labute approximate surface area is 184 Å². The number of rotatable bonds is 5. The number of nitrogens with zero attached hydrogens (tertiary/aromatic N) is 3. The SMILES string of the molecule is O=C(CCC(=O)N1CCC(c2ccccc2)=N1)N1CCOC(c2ccc(Br)cc2)C1. The summed E-state index contributed by atoms with van der Waals surface area (Å²) in [5.74, 6) is -0.118. The summed E-state index contributed by atoms with van der Waals surface area (Å²) in [6.45, 7) is 2.13. The Morgan fingerprint density at radius 3 is 2.50 bits per heavy atom. The lowest BCUT2D eigenvalue weighted by Gasteiger charge is -2.33. The van der Waals surface area contributed by atoms with Crippen LogP contribution >= 0.6 is 15.9 Å². The predicted molar refractivity (Wildman–Crippen MR) is 118 cm³/mol. The first-order chi connectivity index (χ1) is 14.6. The summed E-state index contributed by atoms with van der Waals surface area (Å²) in [4.78, 5) is 27.0. The highest BCUT2D eigenvalue weighted by Gasteiger charge is 2.27. The second-order valence-electron chi connectivity index (χ2n) is 7.43. The molecule has 0 aliphatic carbocycles. The molecule has 2 heterocycles. The lowest BCUT2D eigenvalue weighted by Crippen LogP contribution is -2.42. The maximum atomic E-state index is 12.7. The van der Waals surface area contributed by atoms with Crippen LogP contribution < -0.4 is 0 Å². The van der Waals surface area contributed by atoms with Crippen molar-refractivity contribution in [2.45, 2.75) is 25.4 Å². The first kappa shape index (κ1) is 20.8. The third-order valence-electron chi connectivity index (χ3n) is 5.41. The van der Waals surface area contributed by atoms with E-state index in [0.717, 1.165) is 27.7 Å². The molecule has 0 aromatic heterocycles. The molecular weight excluding hydrogens is 446 g/mol. The van der Waals surface area contributed by atoms with Crippen LogP contribution in [-0.2, 0) is 14.3 Å². The van der Waals surface area contributed by atoms with Crippen molar-refractivity contribution in [3.05, 3.63) is 70.2 Å². The Balaban J connectivity index is 1.29. The van der Waals surface area contributed by atoms with Gasteiger partial charge in [0.15, 0.2) is 0 Å². The van der Waals surface area contributed by atoms with Crippen LogP contribution in [0.25, 0.3) is 0 Å². The number of hydrazone groups is 1. The molecule has 2 aromatic carbocycles. The number of hydrogen-bond donors (Lipinski definition) is 0. The Hall–Kier alpha value is -2.51. The summed E-state index contributed by atoms with van der Waals surface area (Å²) < 4.78 is 6.85. The van der Waals surface area contributed by atoms with Crippen molar-refractivity contribution in [1.82, 2.24) is 9.91 Å². The number of carbonyl (C=O) groups excluding carboxylic acids is 2. The highest BCUT2D eigenvalue weighted by molar-refractivity contribution is 9.10. The second-order valence-corrected chi connectivity index (χ2v) is 8.35. The van der Waals surface area contributed by atoms with E-state index in [1.165, 1.54) is 5.01 Å². The van der Waals surface area contributed by atoms with Gasteiger partial charge in [-0.25, -0.2) is 5.01 Å². The fourth-order valence-corrected chi connectivity index (χ4v) is 3.99. The van der Waals surface area contributed by atoms with Gasteiger partial charge in [-0.3, -0.25) is 9.59 Å². The average molecular weight is 470 g/mol. The molecule has 2 aliphatic heterocycles. The van der Waals surface area contributed by atoms with Crippen molar-refractivity contribution in [2.75, 3.05) is 26.2 Å². The van der Waals surface area contributed by atoms with Gasteiger partial charge in [0.05, 0.1) is 25.4 Å². The van der Waals surface area contributed by atoms with Gasteiger partial charge in [-0.2, -0.15) is 5.10 Å². The van der Waals surface area contributed by atoms with Gasteiger partial charge in [-0.15, -0.1) is 0 Å². The van der Waals surface area contributed by atoms with Gasteiger partial charge in [-0.1, -0.05) is 58.4 Å². The molecule has 2 aliphatic rings. The maximum Gasteiger partial charge on any atom is 0.243 e. The van der Waals surface area contributed by atoms with Gasteiger partial charge in [0.25, 0.3) is 0 Å². The molecule has 0 radical (unpaired) electrons. The van der Waals surface area contributed by atoms with Crippen LogP contribution in [0.4, 0.5) is 0 Å². The van der Waals surface area contributed by atoms with Gasteiger partial charge in [0.1, 0.15) is 6.10 Å². The molecule has 0 bridgehead atoms. The van der Waals surface area contributed by atoms with E-state index in [1.807, 2.05) is 54.6 Å². The highest BCUT2D eigenvalue weighted by atomic mass is 79.9. The van der Waals surface area contributed by atoms with Crippen molar-refractivity contribution in [1.29, 1.82) is 0 Å². The topological polar surface area (TPSA) is 62.2 Å². The zero-order valence-corrected chi connectivity index (χ0v) is 18.3. The van der Waals surface area contributed by atoms with Crippen molar-refractivity contribution in [3.8, 4) is 0 Å². The minimum atomic E-state index is -0.136. The van der Waals surface area contributed by atoms with Crippen LogP contribution in [0.15, 0.2) is 64.2 Å². The zero-order valence-electron chi connectivity index (χ0n) is 16.7. The van der Waals surface area contributed by atoms with Crippen molar-refractivity contribution in [2.24, 2.45) is 5.10 Å². The van der Waals surface area contributed by atoms with Crippen molar-refractivity contribution < 1.29 is 14.3 Å². The zero-order chi connectivity index (χ0) is 20.9. The van der Waals surface area contributed by atoms with Crippen LogP contribution in [0.1, 0.15) is 36.5 Å². The smallest absolute Gasteiger partial charge is 0.243 e. The van der Waals surface area contributed by atoms with Gasteiger partial charge in [-0.05, 0) is 23.3 Å². The first-order valence-electron chi connectivity index (χ1n) is 10.2. The number of halogens is 1. The monoisotopic (exact) mass is 469 g/mol. The van der Waals surface area contributed by atoms with Crippen LogP contribution in [0.5, 0.6) is 0 Å². The maximum absolute atomic E-state index is 12.7. The molecule has 6 nitrogen and oxygen atoms in total. The average Bonchev–Trinajstić information content (AvgIpc) is 3.29. The normalized spacial score (nSPS) is 19.0. The molecular formula is C23H24BrN3O3. The van der Waals surface area contributed by atoms with Crippen LogP contribution in [0, 0.1) is 0 Å². The number of amides is 2. The molecule has 1 saturated heterocycles. The lowest BCUT2D eigenvalue weighted by molar-refractivity contribution is -0.142. The Bertz CT molecular complexity index is 930. The number of carbonyl (C=O) groups is 2. The molecule has 2 aromatic rings. The fourth-order valence-electron chi connectivity index (χ4n) is 3.73. The number of ether oxygens (including phenoxy) is 1. The summed E-state index contributed by atoms with van der Waals surface area (Å²) in [6, 6.07) is 17.8. The van der Waals surface area contributed by atoms with E-state index in [9.17, 15) is 9.59 Å². The fraction of sp³-hybridized carbons (Fsp3) is 0.348. The Kier molecular flexibility index (Phi) is 6.59. The van der Waals surface area contributed by atoms with Crippen molar-refractivity contribution >= 4 is 33.5 Å². The molecule has 1 fully saturated rings. The highest BCUT2D eigenvalue weighted by Crippen LogP contribution is 2.24. The predicted octanol–water partition coefficient (Wildman–Crippen LogP) is 3.77. The molecule has 4 rings (SSSR count). The summed E-state index contributed by atoms with van der Waals surface area (Å²) >= 11 is 3.43. The number of morpholine rings is 1. The van der Waals surface area contributed by atoms with Gasteiger partial charge in [0, 0.05) is 30.3 Å². The van der Waals surface area contributed by atoms with E-state index in [-0.39, 0.29) is 30.8 Å². The van der Waals surface area contributed by atoms with E-state index < -0.39 is 0 Å². The third kappa shape index (κ3) is 4.96. The van der Waals surface area contributed by atoms with Crippen LogP contribution in [-0.4, -0.2) is 53.7 Å². The van der Waals surface area contributed by atoms with E-state index in [4.69, 9.17) is 4.74 Å².